The van der Waals surface area contributed by atoms with Crippen molar-refractivity contribution in [3.63, 3.8) is 0 Å². The number of hydrogen-bond donors (Lipinski definition) is 1. The molecule has 2 aliphatic heterocycles. The number of sulfone groups is 1. The summed E-state index contributed by atoms with van der Waals surface area (Å²) in [6.45, 7) is 8.10. The van der Waals surface area contributed by atoms with Crippen LogP contribution < -0.4 is 10.2 Å². The van der Waals surface area contributed by atoms with Gasteiger partial charge in [-0.2, -0.15) is 0 Å². The average Bonchev–Trinajstić information content (AvgIpc) is 2.66. The lowest BCUT2D eigenvalue weighted by molar-refractivity contribution is 0.122. The number of morpholine rings is 1. The van der Waals surface area contributed by atoms with Crippen molar-refractivity contribution in [1.29, 1.82) is 0 Å². The molecule has 0 bridgehead atoms. The standard InChI is InChI=1S/C18H29N5O3S.HI/c1-18(2)14-23(9-12-27(18,24)25)17(19-3)21-13-15-5-4-6-20-16(15)22-7-10-26-11-8-22;/h4-6H,7-14H2,1-3H3,(H,19,21);1H. The Hall–Kier alpha value is -1.14. The third kappa shape index (κ3) is 5.07. The number of nitrogens with zero attached hydrogens (tertiary/aromatic N) is 4. The molecule has 3 heterocycles. The van der Waals surface area contributed by atoms with Crippen LogP contribution in [-0.4, -0.2) is 81.2 Å². The SMILES string of the molecule is CN=C(NCc1cccnc1N1CCOCC1)N1CCS(=O)(=O)C(C)(C)C1.I. The summed E-state index contributed by atoms with van der Waals surface area (Å²) in [4.78, 5) is 13.2. The maximum atomic E-state index is 12.2. The van der Waals surface area contributed by atoms with Gasteiger partial charge in [0.25, 0.3) is 0 Å². The highest BCUT2D eigenvalue weighted by molar-refractivity contribution is 14.0. The Morgan fingerprint density at radius 3 is 2.68 bits per heavy atom. The fourth-order valence-corrected chi connectivity index (χ4v) is 4.83. The third-order valence-electron chi connectivity index (χ3n) is 5.17. The van der Waals surface area contributed by atoms with Gasteiger partial charge in [0, 0.05) is 51.5 Å². The zero-order valence-corrected chi connectivity index (χ0v) is 19.9. The van der Waals surface area contributed by atoms with E-state index < -0.39 is 14.6 Å². The van der Waals surface area contributed by atoms with Crippen LogP contribution in [0.4, 0.5) is 5.82 Å². The molecule has 0 radical (unpaired) electrons. The molecular weight excluding hydrogens is 493 g/mol. The number of aromatic nitrogens is 1. The van der Waals surface area contributed by atoms with Crippen molar-refractivity contribution in [3.8, 4) is 0 Å². The molecule has 0 saturated carbocycles. The van der Waals surface area contributed by atoms with Crippen LogP contribution in [0.15, 0.2) is 23.3 Å². The van der Waals surface area contributed by atoms with Crippen LogP contribution in [0.5, 0.6) is 0 Å². The van der Waals surface area contributed by atoms with Gasteiger partial charge in [0.15, 0.2) is 15.8 Å². The first-order chi connectivity index (χ1) is 12.8. The van der Waals surface area contributed by atoms with Crippen molar-refractivity contribution in [2.24, 2.45) is 4.99 Å². The number of pyridine rings is 1. The van der Waals surface area contributed by atoms with Crippen LogP contribution >= 0.6 is 24.0 Å². The Bertz CT molecular complexity index is 794. The van der Waals surface area contributed by atoms with E-state index in [4.69, 9.17) is 4.74 Å². The topological polar surface area (TPSA) is 87.1 Å². The molecule has 8 nitrogen and oxygen atoms in total. The Labute approximate surface area is 184 Å². The van der Waals surface area contributed by atoms with Crippen molar-refractivity contribution >= 4 is 45.6 Å². The molecule has 3 rings (SSSR count). The van der Waals surface area contributed by atoms with Gasteiger partial charge in [0.1, 0.15) is 5.82 Å². The fourth-order valence-electron chi connectivity index (χ4n) is 3.46. The molecule has 158 valence electrons. The van der Waals surface area contributed by atoms with Crippen LogP contribution in [0.2, 0.25) is 0 Å². The highest BCUT2D eigenvalue weighted by Gasteiger charge is 2.40. The largest absolute Gasteiger partial charge is 0.378 e. The average molecular weight is 523 g/mol. The molecule has 0 atom stereocenters. The number of ether oxygens (including phenoxy) is 1. The van der Waals surface area contributed by atoms with Gasteiger partial charge in [0.05, 0.1) is 23.7 Å². The highest BCUT2D eigenvalue weighted by Crippen LogP contribution is 2.24. The maximum Gasteiger partial charge on any atom is 0.193 e. The number of halogens is 1. The normalized spacial score (nSPS) is 21.8. The first kappa shape index (κ1) is 23.1. The van der Waals surface area contributed by atoms with E-state index in [1.54, 1.807) is 27.1 Å². The van der Waals surface area contributed by atoms with Crippen molar-refractivity contribution in [3.05, 3.63) is 23.9 Å². The Morgan fingerprint density at radius 2 is 2.04 bits per heavy atom. The van der Waals surface area contributed by atoms with Gasteiger partial charge < -0.3 is 19.9 Å². The molecule has 0 aliphatic carbocycles. The molecule has 0 amide bonds. The third-order valence-corrected chi connectivity index (χ3v) is 7.70. The van der Waals surface area contributed by atoms with E-state index >= 15 is 0 Å². The van der Waals surface area contributed by atoms with Crippen LogP contribution in [0.3, 0.4) is 0 Å². The van der Waals surface area contributed by atoms with E-state index in [0.717, 1.165) is 30.4 Å². The lowest BCUT2D eigenvalue weighted by Crippen LogP contribution is -2.57. The quantitative estimate of drug-likeness (QED) is 0.361. The van der Waals surface area contributed by atoms with E-state index in [9.17, 15) is 8.42 Å². The molecule has 0 spiro atoms. The number of nitrogens with one attached hydrogen (secondary N) is 1. The molecule has 0 unspecified atom stereocenters. The van der Waals surface area contributed by atoms with Gasteiger partial charge in [-0.3, -0.25) is 4.99 Å². The molecule has 2 saturated heterocycles. The van der Waals surface area contributed by atoms with E-state index in [0.29, 0.717) is 32.8 Å². The zero-order valence-electron chi connectivity index (χ0n) is 16.7. The predicted molar refractivity (Wildman–Crippen MR) is 122 cm³/mol. The van der Waals surface area contributed by atoms with E-state index in [-0.39, 0.29) is 29.7 Å². The summed E-state index contributed by atoms with van der Waals surface area (Å²) in [5, 5.41) is 3.38. The van der Waals surface area contributed by atoms with Gasteiger partial charge in [-0.05, 0) is 19.9 Å². The van der Waals surface area contributed by atoms with Crippen molar-refractivity contribution < 1.29 is 13.2 Å². The molecule has 2 aliphatic rings. The minimum absolute atomic E-state index is 0. The van der Waals surface area contributed by atoms with Gasteiger partial charge in [-0.1, -0.05) is 6.07 Å². The summed E-state index contributed by atoms with van der Waals surface area (Å²) in [6.07, 6.45) is 1.81. The lowest BCUT2D eigenvalue weighted by Gasteiger charge is -2.39. The number of hydrogen-bond acceptors (Lipinski definition) is 6. The second-order valence-electron chi connectivity index (χ2n) is 7.49. The first-order valence-corrected chi connectivity index (χ1v) is 10.9. The summed E-state index contributed by atoms with van der Waals surface area (Å²) < 4.78 is 29.1. The van der Waals surface area contributed by atoms with Crippen LogP contribution in [0, 0.1) is 0 Å². The van der Waals surface area contributed by atoms with Gasteiger partial charge in [0.2, 0.25) is 0 Å². The molecule has 2 fully saturated rings. The van der Waals surface area contributed by atoms with Gasteiger partial charge >= 0.3 is 0 Å². The summed E-state index contributed by atoms with van der Waals surface area (Å²) in [6, 6.07) is 3.99. The number of guanidine groups is 1. The molecule has 1 aromatic heterocycles. The van der Waals surface area contributed by atoms with Crippen LogP contribution in [0.25, 0.3) is 0 Å². The van der Waals surface area contributed by atoms with Crippen LogP contribution in [0.1, 0.15) is 19.4 Å². The minimum Gasteiger partial charge on any atom is -0.378 e. The Kier molecular flexibility index (Phi) is 7.91. The predicted octanol–water partition coefficient (Wildman–Crippen LogP) is 1.12. The second-order valence-corrected chi connectivity index (χ2v) is 10.2. The Balaban J connectivity index is 0.00000280. The molecule has 1 aromatic rings. The molecule has 1 N–H and O–H groups in total. The number of anilines is 1. The molecule has 0 aromatic carbocycles. The summed E-state index contributed by atoms with van der Waals surface area (Å²) in [5.41, 5.74) is 1.09. The summed E-state index contributed by atoms with van der Waals surface area (Å²) in [5.74, 6) is 1.83. The fraction of sp³-hybridized carbons (Fsp3) is 0.667. The molecular formula is C18H30IN5O3S. The monoisotopic (exact) mass is 523 g/mol. The highest BCUT2D eigenvalue weighted by atomic mass is 127. The lowest BCUT2D eigenvalue weighted by atomic mass is 10.2. The maximum absolute atomic E-state index is 12.2. The number of aliphatic imine (C=N–C) groups is 1. The molecule has 28 heavy (non-hydrogen) atoms. The Morgan fingerprint density at radius 1 is 1.32 bits per heavy atom. The summed E-state index contributed by atoms with van der Waals surface area (Å²) in [7, 11) is -1.35. The van der Waals surface area contributed by atoms with Gasteiger partial charge in [-0.25, -0.2) is 13.4 Å². The first-order valence-electron chi connectivity index (χ1n) is 9.28. The smallest absolute Gasteiger partial charge is 0.193 e. The van der Waals surface area contributed by atoms with E-state index in [1.165, 1.54) is 0 Å². The van der Waals surface area contributed by atoms with Crippen molar-refractivity contribution in [1.82, 2.24) is 15.2 Å². The zero-order chi connectivity index (χ0) is 19.5. The van der Waals surface area contributed by atoms with Crippen LogP contribution in [-0.2, 0) is 21.1 Å². The van der Waals surface area contributed by atoms with E-state index in [1.807, 2.05) is 11.0 Å². The summed E-state index contributed by atoms with van der Waals surface area (Å²) >= 11 is 0. The van der Waals surface area contributed by atoms with Crippen molar-refractivity contribution in [2.75, 3.05) is 57.1 Å². The number of rotatable bonds is 3. The second kappa shape index (κ2) is 9.57. The minimum atomic E-state index is -3.08. The molecule has 10 heteroatoms. The van der Waals surface area contributed by atoms with E-state index in [2.05, 4.69) is 26.3 Å². The van der Waals surface area contributed by atoms with Crippen molar-refractivity contribution in [2.45, 2.75) is 25.1 Å². The van der Waals surface area contributed by atoms with Gasteiger partial charge in [-0.15, -0.1) is 24.0 Å².